The van der Waals surface area contributed by atoms with Gasteiger partial charge in [-0.1, -0.05) is 19.1 Å². The van der Waals surface area contributed by atoms with Crippen molar-refractivity contribution in [1.29, 1.82) is 0 Å². The molecule has 1 atom stereocenters. The van der Waals surface area contributed by atoms with E-state index in [4.69, 9.17) is 0 Å². The van der Waals surface area contributed by atoms with Crippen LogP contribution in [-0.4, -0.2) is 30.5 Å². The summed E-state index contributed by atoms with van der Waals surface area (Å²) in [7, 11) is 1.75. The number of carbonyl (C=O) groups is 1. The lowest BCUT2D eigenvalue weighted by atomic mass is 10.1. The summed E-state index contributed by atoms with van der Waals surface area (Å²) in [5.74, 6) is 0.736. The highest BCUT2D eigenvalue weighted by Crippen LogP contribution is 2.06. The second-order valence-electron chi connectivity index (χ2n) is 6.78. The molecule has 0 fully saturated rings. The van der Waals surface area contributed by atoms with Gasteiger partial charge in [0.25, 0.3) is 5.91 Å². The Balaban J connectivity index is 0.00000529. The molecule has 0 aliphatic carbocycles. The minimum absolute atomic E-state index is 0. The summed E-state index contributed by atoms with van der Waals surface area (Å²) in [6.45, 7) is 11.0. The predicted molar refractivity (Wildman–Crippen MR) is 112 cm³/mol. The molecule has 0 saturated carbocycles. The first-order valence-corrected chi connectivity index (χ1v) is 8.13. The highest BCUT2D eigenvalue weighted by Gasteiger charge is 2.12. The molecule has 0 aromatic heterocycles. The van der Waals surface area contributed by atoms with E-state index in [0.717, 1.165) is 17.9 Å². The molecule has 0 spiro atoms. The average Bonchev–Trinajstić information content (AvgIpc) is 2.50. The Morgan fingerprint density at radius 1 is 1.21 bits per heavy atom. The molecule has 1 unspecified atom stereocenters. The summed E-state index contributed by atoms with van der Waals surface area (Å²) in [6, 6.07) is 7.82. The standard InChI is InChI=1S/C18H30N4O.HI/c1-7-13(2)21-16(23)15-10-8-14(9-11-15)12-20-17(19-6)22-18(3,4)5;/h8-11,13H,7,12H2,1-6H3,(H,21,23)(H2,19,20,22);1H. The lowest BCUT2D eigenvalue weighted by Crippen LogP contribution is -2.47. The summed E-state index contributed by atoms with van der Waals surface area (Å²) in [6.07, 6.45) is 0.924. The number of halogens is 1. The van der Waals surface area contributed by atoms with E-state index in [1.54, 1.807) is 7.05 Å². The monoisotopic (exact) mass is 446 g/mol. The van der Waals surface area contributed by atoms with Gasteiger partial charge in [-0.25, -0.2) is 0 Å². The fourth-order valence-electron chi connectivity index (χ4n) is 1.90. The van der Waals surface area contributed by atoms with Crippen LogP contribution in [0.3, 0.4) is 0 Å². The van der Waals surface area contributed by atoms with Crippen LogP contribution in [-0.2, 0) is 6.54 Å². The highest BCUT2D eigenvalue weighted by atomic mass is 127. The van der Waals surface area contributed by atoms with E-state index >= 15 is 0 Å². The van der Waals surface area contributed by atoms with Gasteiger partial charge in [-0.2, -0.15) is 0 Å². The number of carbonyl (C=O) groups excluding carboxylic acids is 1. The maximum absolute atomic E-state index is 12.0. The van der Waals surface area contributed by atoms with Crippen molar-refractivity contribution >= 4 is 35.8 Å². The number of guanidine groups is 1. The van der Waals surface area contributed by atoms with Crippen molar-refractivity contribution in [1.82, 2.24) is 16.0 Å². The molecule has 1 aromatic rings. The molecule has 1 aromatic carbocycles. The zero-order valence-corrected chi connectivity index (χ0v) is 17.9. The molecule has 24 heavy (non-hydrogen) atoms. The van der Waals surface area contributed by atoms with Gasteiger partial charge in [0, 0.05) is 30.7 Å². The van der Waals surface area contributed by atoms with Gasteiger partial charge in [0.15, 0.2) is 5.96 Å². The van der Waals surface area contributed by atoms with Gasteiger partial charge in [-0.3, -0.25) is 9.79 Å². The maximum Gasteiger partial charge on any atom is 0.251 e. The van der Waals surface area contributed by atoms with E-state index < -0.39 is 0 Å². The Bertz CT molecular complexity index is 535. The number of hydrogen-bond acceptors (Lipinski definition) is 2. The number of nitrogens with one attached hydrogen (secondary N) is 3. The van der Waals surface area contributed by atoms with E-state index in [0.29, 0.717) is 12.1 Å². The molecular formula is C18H31IN4O. The van der Waals surface area contributed by atoms with Gasteiger partial charge in [-0.05, 0) is 51.8 Å². The van der Waals surface area contributed by atoms with E-state index in [1.807, 2.05) is 31.2 Å². The molecule has 0 aliphatic rings. The van der Waals surface area contributed by atoms with Crippen molar-refractivity contribution < 1.29 is 4.79 Å². The van der Waals surface area contributed by atoms with E-state index in [-0.39, 0.29) is 41.5 Å². The molecule has 0 bridgehead atoms. The lowest BCUT2D eigenvalue weighted by Gasteiger charge is -2.23. The van der Waals surface area contributed by atoms with Crippen LogP contribution < -0.4 is 16.0 Å². The minimum Gasteiger partial charge on any atom is -0.352 e. The van der Waals surface area contributed by atoms with E-state index in [2.05, 4.69) is 48.6 Å². The van der Waals surface area contributed by atoms with Gasteiger partial charge < -0.3 is 16.0 Å². The zero-order valence-electron chi connectivity index (χ0n) is 15.6. The highest BCUT2D eigenvalue weighted by molar-refractivity contribution is 14.0. The molecule has 136 valence electrons. The molecule has 3 N–H and O–H groups in total. The number of amides is 1. The Labute approximate surface area is 163 Å². The summed E-state index contributed by atoms with van der Waals surface area (Å²) in [5.41, 5.74) is 1.74. The third-order valence-electron chi connectivity index (χ3n) is 3.38. The Kier molecular flexibility index (Phi) is 9.96. The first-order chi connectivity index (χ1) is 10.7. The van der Waals surface area contributed by atoms with Crippen LogP contribution >= 0.6 is 24.0 Å². The third kappa shape index (κ3) is 8.52. The van der Waals surface area contributed by atoms with Gasteiger partial charge >= 0.3 is 0 Å². The number of rotatable bonds is 5. The van der Waals surface area contributed by atoms with Crippen molar-refractivity contribution in [3.63, 3.8) is 0 Å². The second kappa shape index (κ2) is 10.5. The van der Waals surface area contributed by atoms with Crippen LogP contribution in [0.25, 0.3) is 0 Å². The largest absolute Gasteiger partial charge is 0.352 e. The van der Waals surface area contributed by atoms with Crippen LogP contribution in [0, 0.1) is 0 Å². The second-order valence-corrected chi connectivity index (χ2v) is 6.78. The summed E-state index contributed by atoms with van der Waals surface area (Å²) < 4.78 is 0. The topological polar surface area (TPSA) is 65.5 Å². The van der Waals surface area contributed by atoms with E-state index in [1.165, 1.54) is 0 Å². The fourth-order valence-corrected chi connectivity index (χ4v) is 1.90. The van der Waals surface area contributed by atoms with Gasteiger partial charge in [0.2, 0.25) is 0 Å². The van der Waals surface area contributed by atoms with Gasteiger partial charge in [0.1, 0.15) is 0 Å². The first kappa shape index (κ1) is 22.7. The third-order valence-corrected chi connectivity index (χ3v) is 3.38. The number of hydrogen-bond donors (Lipinski definition) is 3. The normalized spacial score (nSPS) is 12.8. The number of aliphatic imine (C=N–C) groups is 1. The van der Waals surface area contributed by atoms with Crippen molar-refractivity contribution in [2.45, 2.75) is 59.2 Å². The van der Waals surface area contributed by atoms with Crippen LogP contribution in [0.4, 0.5) is 0 Å². The molecule has 1 rings (SSSR count). The quantitative estimate of drug-likeness (QED) is 0.370. The summed E-state index contributed by atoms with van der Waals surface area (Å²) in [4.78, 5) is 16.2. The fraction of sp³-hybridized carbons (Fsp3) is 0.556. The smallest absolute Gasteiger partial charge is 0.251 e. The molecule has 0 aliphatic heterocycles. The lowest BCUT2D eigenvalue weighted by molar-refractivity contribution is 0.0939. The maximum atomic E-state index is 12.0. The number of nitrogens with zero attached hydrogens (tertiary/aromatic N) is 1. The Morgan fingerprint density at radius 2 is 1.79 bits per heavy atom. The van der Waals surface area contributed by atoms with E-state index in [9.17, 15) is 4.79 Å². The molecule has 5 nitrogen and oxygen atoms in total. The van der Waals surface area contributed by atoms with Gasteiger partial charge in [-0.15, -0.1) is 24.0 Å². The number of benzene rings is 1. The van der Waals surface area contributed by atoms with Gasteiger partial charge in [0.05, 0.1) is 0 Å². The summed E-state index contributed by atoms with van der Waals surface area (Å²) >= 11 is 0. The van der Waals surface area contributed by atoms with Crippen LogP contribution in [0.15, 0.2) is 29.3 Å². The Morgan fingerprint density at radius 3 is 2.25 bits per heavy atom. The summed E-state index contributed by atoms with van der Waals surface area (Å²) in [5, 5.41) is 9.55. The van der Waals surface area contributed by atoms with Crippen molar-refractivity contribution in [3.05, 3.63) is 35.4 Å². The van der Waals surface area contributed by atoms with Crippen LogP contribution in [0.1, 0.15) is 57.0 Å². The van der Waals surface area contributed by atoms with Crippen LogP contribution in [0.2, 0.25) is 0 Å². The average molecular weight is 446 g/mol. The predicted octanol–water partition coefficient (Wildman–Crippen LogP) is 3.30. The SMILES string of the molecule is CCC(C)NC(=O)c1ccc(CNC(=NC)NC(C)(C)C)cc1.I. The first-order valence-electron chi connectivity index (χ1n) is 8.13. The molecule has 0 radical (unpaired) electrons. The molecule has 6 heteroatoms. The Hall–Kier alpha value is -1.31. The zero-order chi connectivity index (χ0) is 17.5. The van der Waals surface area contributed by atoms with Crippen LogP contribution in [0.5, 0.6) is 0 Å². The molecule has 0 heterocycles. The molecule has 0 saturated heterocycles. The minimum atomic E-state index is -0.0419. The van der Waals surface area contributed by atoms with Crippen molar-refractivity contribution in [3.8, 4) is 0 Å². The van der Waals surface area contributed by atoms with Crippen molar-refractivity contribution in [2.75, 3.05) is 7.05 Å². The van der Waals surface area contributed by atoms with Crippen molar-refractivity contribution in [2.24, 2.45) is 4.99 Å². The molecular weight excluding hydrogens is 415 g/mol. The molecule has 1 amide bonds.